The van der Waals surface area contributed by atoms with Gasteiger partial charge in [-0.2, -0.15) is 0 Å². The van der Waals surface area contributed by atoms with Crippen LogP contribution in [0.4, 0.5) is 0 Å². The first-order chi connectivity index (χ1) is 12.1. The minimum absolute atomic E-state index is 0.0923. The van der Waals surface area contributed by atoms with Crippen molar-refractivity contribution in [3.63, 3.8) is 0 Å². The molecule has 3 rings (SSSR count). The van der Waals surface area contributed by atoms with E-state index >= 15 is 0 Å². The number of amides is 3. The van der Waals surface area contributed by atoms with Gasteiger partial charge in [-0.05, 0) is 25.1 Å². The largest absolute Gasteiger partial charge is 0.459 e. The molecular formula is C17H15N3O5. The van der Waals surface area contributed by atoms with Crippen LogP contribution in [0, 0.1) is 6.92 Å². The molecule has 2 aromatic heterocycles. The lowest BCUT2D eigenvalue weighted by Crippen LogP contribution is -2.46. The number of hydrogen-bond acceptors (Lipinski definition) is 5. The van der Waals surface area contributed by atoms with E-state index in [-0.39, 0.29) is 18.1 Å². The number of rotatable bonds is 4. The van der Waals surface area contributed by atoms with E-state index in [1.807, 2.05) is 12.1 Å². The lowest BCUT2D eigenvalue weighted by Gasteiger charge is -2.07. The SMILES string of the molecule is Cc1c(C(=O)NNC(=O)CNC(=O)c2ccco2)oc2ccccc12. The maximum Gasteiger partial charge on any atom is 0.305 e. The van der Waals surface area contributed by atoms with Crippen LogP contribution in [0.15, 0.2) is 51.5 Å². The third-order valence-electron chi connectivity index (χ3n) is 3.52. The number of para-hydroxylation sites is 1. The van der Waals surface area contributed by atoms with E-state index < -0.39 is 17.7 Å². The zero-order chi connectivity index (χ0) is 17.8. The van der Waals surface area contributed by atoms with Crippen LogP contribution in [-0.2, 0) is 4.79 Å². The molecular weight excluding hydrogens is 326 g/mol. The van der Waals surface area contributed by atoms with Crippen LogP contribution in [-0.4, -0.2) is 24.3 Å². The summed E-state index contributed by atoms with van der Waals surface area (Å²) in [5, 5.41) is 3.19. The van der Waals surface area contributed by atoms with Gasteiger partial charge in [-0.3, -0.25) is 25.2 Å². The molecule has 0 saturated heterocycles. The molecule has 0 spiro atoms. The van der Waals surface area contributed by atoms with Gasteiger partial charge in [0.15, 0.2) is 11.5 Å². The summed E-state index contributed by atoms with van der Waals surface area (Å²) in [7, 11) is 0. The molecule has 0 aliphatic carbocycles. The highest BCUT2D eigenvalue weighted by Gasteiger charge is 2.18. The highest BCUT2D eigenvalue weighted by atomic mass is 16.3. The minimum atomic E-state index is -0.595. The molecule has 0 atom stereocenters. The predicted molar refractivity (Wildman–Crippen MR) is 87.6 cm³/mol. The van der Waals surface area contributed by atoms with Crippen LogP contribution >= 0.6 is 0 Å². The van der Waals surface area contributed by atoms with E-state index in [9.17, 15) is 14.4 Å². The average molecular weight is 341 g/mol. The Labute approximate surface area is 142 Å². The standard InChI is InChI=1S/C17H15N3O5/c1-10-11-5-2-3-6-12(11)25-15(10)17(23)20-19-14(21)9-18-16(22)13-7-4-8-24-13/h2-8H,9H2,1H3,(H,18,22)(H,19,21)(H,20,23). The molecule has 0 unspecified atom stereocenters. The molecule has 0 aliphatic heterocycles. The summed E-state index contributed by atoms with van der Waals surface area (Å²) in [5.74, 6) is -1.50. The van der Waals surface area contributed by atoms with Crippen molar-refractivity contribution >= 4 is 28.7 Å². The first kappa shape index (κ1) is 16.3. The van der Waals surface area contributed by atoms with Gasteiger partial charge in [-0.1, -0.05) is 18.2 Å². The van der Waals surface area contributed by atoms with Crippen LogP contribution in [0.2, 0.25) is 0 Å². The summed E-state index contributed by atoms with van der Waals surface area (Å²) in [4.78, 5) is 35.5. The van der Waals surface area contributed by atoms with E-state index in [1.54, 1.807) is 25.1 Å². The number of hydrazine groups is 1. The molecule has 3 amide bonds. The Bertz CT molecular complexity index is 927. The van der Waals surface area contributed by atoms with Gasteiger partial charge in [0.25, 0.3) is 11.8 Å². The Morgan fingerprint density at radius 2 is 1.80 bits per heavy atom. The second kappa shape index (κ2) is 6.91. The first-order valence-corrected chi connectivity index (χ1v) is 7.45. The Hall–Kier alpha value is -3.55. The lowest BCUT2D eigenvalue weighted by atomic mass is 10.1. The third kappa shape index (κ3) is 3.52. The number of aryl methyl sites for hydroxylation is 1. The molecule has 128 valence electrons. The maximum atomic E-state index is 12.1. The van der Waals surface area contributed by atoms with Crippen molar-refractivity contribution in [2.24, 2.45) is 0 Å². The molecule has 0 fully saturated rings. The van der Waals surface area contributed by atoms with E-state index in [4.69, 9.17) is 8.83 Å². The van der Waals surface area contributed by atoms with Crippen molar-refractivity contribution in [3.05, 3.63) is 59.7 Å². The van der Waals surface area contributed by atoms with Crippen molar-refractivity contribution < 1.29 is 23.2 Å². The van der Waals surface area contributed by atoms with E-state index in [0.717, 1.165) is 5.39 Å². The summed E-state index contributed by atoms with van der Waals surface area (Å²) in [6.07, 6.45) is 1.35. The fourth-order valence-corrected chi connectivity index (χ4v) is 2.27. The van der Waals surface area contributed by atoms with Gasteiger partial charge in [-0.15, -0.1) is 0 Å². The second-order valence-electron chi connectivity index (χ2n) is 5.21. The van der Waals surface area contributed by atoms with Gasteiger partial charge in [0.2, 0.25) is 0 Å². The maximum absolute atomic E-state index is 12.1. The highest BCUT2D eigenvalue weighted by molar-refractivity contribution is 6.00. The zero-order valence-corrected chi connectivity index (χ0v) is 13.3. The molecule has 0 bridgehead atoms. The van der Waals surface area contributed by atoms with Gasteiger partial charge in [0, 0.05) is 10.9 Å². The number of carbonyl (C=O) groups excluding carboxylic acids is 3. The van der Waals surface area contributed by atoms with Crippen LogP contribution in [0.5, 0.6) is 0 Å². The van der Waals surface area contributed by atoms with Crippen molar-refractivity contribution in [3.8, 4) is 0 Å². The summed E-state index contributed by atoms with van der Waals surface area (Å²) in [6.45, 7) is 1.44. The van der Waals surface area contributed by atoms with Crippen molar-refractivity contribution in [2.45, 2.75) is 6.92 Å². The molecule has 2 heterocycles. The molecule has 8 nitrogen and oxygen atoms in total. The van der Waals surface area contributed by atoms with Gasteiger partial charge in [0.1, 0.15) is 5.58 Å². The highest BCUT2D eigenvalue weighted by Crippen LogP contribution is 2.24. The molecule has 25 heavy (non-hydrogen) atoms. The molecule has 1 aromatic carbocycles. The first-order valence-electron chi connectivity index (χ1n) is 7.45. The van der Waals surface area contributed by atoms with Crippen LogP contribution in [0.3, 0.4) is 0 Å². The number of nitrogens with one attached hydrogen (secondary N) is 3. The topological polar surface area (TPSA) is 114 Å². The number of furan rings is 2. The number of carbonyl (C=O) groups is 3. The zero-order valence-electron chi connectivity index (χ0n) is 13.3. The Morgan fingerprint density at radius 1 is 1.00 bits per heavy atom. The molecule has 3 N–H and O–H groups in total. The fourth-order valence-electron chi connectivity index (χ4n) is 2.27. The third-order valence-corrected chi connectivity index (χ3v) is 3.52. The molecule has 0 radical (unpaired) electrons. The van der Waals surface area contributed by atoms with Crippen molar-refractivity contribution in [1.29, 1.82) is 0 Å². The number of fused-ring (bicyclic) bond motifs is 1. The van der Waals surface area contributed by atoms with Crippen LogP contribution < -0.4 is 16.2 Å². The van der Waals surface area contributed by atoms with Gasteiger partial charge < -0.3 is 14.2 Å². The van der Waals surface area contributed by atoms with Gasteiger partial charge >= 0.3 is 5.91 Å². The molecule has 3 aromatic rings. The Balaban J connectivity index is 1.53. The minimum Gasteiger partial charge on any atom is -0.459 e. The van der Waals surface area contributed by atoms with Crippen molar-refractivity contribution in [2.75, 3.05) is 6.54 Å². The monoisotopic (exact) mass is 341 g/mol. The summed E-state index contributed by atoms with van der Waals surface area (Å²) in [6, 6.07) is 10.3. The fraction of sp³-hybridized carbons (Fsp3) is 0.118. The van der Waals surface area contributed by atoms with E-state index in [0.29, 0.717) is 11.1 Å². The Morgan fingerprint density at radius 3 is 2.52 bits per heavy atom. The molecule has 0 saturated carbocycles. The number of benzene rings is 1. The van der Waals surface area contributed by atoms with Gasteiger partial charge in [-0.25, -0.2) is 0 Å². The van der Waals surface area contributed by atoms with E-state index in [1.165, 1.54) is 12.3 Å². The lowest BCUT2D eigenvalue weighted by molar-refractivity contribution is -0.120. The van der Waals surface area contributed by atoms with Crippen LogP contribution in [0.1, 0.15) is 26.7 Å². The van der Waals surface area contributed by atoms with Crippen molar-refractivity contribution in [1.82, 2.24) is 16.2 Å². The predicted octanol–water partition coefficient (Wildman–Crippen LogP) is 1.53. The summed E-state index contributed by atoms with van der Waals surface area (Å²) in [5.41, 5.74) is 5.72. The Kier molecular flexibility index (Phi) is 4.51. The number of hydrogen-bond donors (Lipinski definition) is 3. The quantitative estimate of drug-likeness (QED) is 0.623. The summed E-state index contributed by atoms with van der Waals surface area (Å²) < 4.78 is 10.4. The smallest absolute Gasteiger partial charge is 0.305 e. The summed E-state index contributed by atoms with van der Waals surface area (Å²) >= 11 is 0. The molecule has 8 heteroatoms. The van der Waals surface area contributed by atoms with Gasteiger partial charge in [0.05, 0.1) is 12.8 Å². The molecule has 0 aliphatic rings. The van der Waals surface area contributed by atoms with Crippen LogP contribution in [0.25, 0.3) is 11.0 Å². The second-order valence-corrected chi connectivity index (χ2v) is 5.21. The van der Waals surface area contributed by atoms with E-state index in [2.05, 4.69) is 16.2 Å². The normalized spacial score (nSPS) is 10.4. The average Bonchev–Trinajstić information content (AvgIpc) is 3.26.